The molecular formula is C14H20N2O4. The van der Waals surface area contributed by atoms with E-state index < -0.39 is 18.0 Å². The van der Waals surface area contributed by atoms with Crippen LogP contribution in [0.3, 0.4) is 0 Å². The van der Waals surface area contributed by atoms with Crippen molar-refractivity contribution in [3.63, 3.8) is 0 Å². The van der Waals surface area contributed by atoms with E-state index in [9.17, 15) is 9.59 Å². The maximum Gasteiger partial charge on any atom is 0.326 e. The minimum Gasteiger partial charge on any atom is -0.495 e. The largest absolute Gasteiger partial charge is 0.495 e. The summed E-state index contributed by atoms with van der Waals surface area (Å²) in [6.07, 6.45) is 0. The van der Waals surface area contributed by atoms with Gasteiger partial charge in [0.25, 0.3) is 0 Å². The monoisotopic (exact) mass is 280 g/mol. The molecule has 0 aliphatic rings. The third kappa shape index (κ3) is 3.63. The average Bonchev–Trinajstić information content (AvgIpc) is 2.42. The first kappa shape index (κ1) is 15.8. The quantitative estimate of drug-likeness (QED) is 0.864. The SMILES string of the molecule is COc1ccccc1N(C)C(=O)NC(C(=O)O)C(C)C. The summed E-state index contributed by atoms with van der Waals surface area (Å²) in [6.45, 7) is 3.48. The van der Waals surface area contributed by atoms with Crippen LogP contribution in [0.2, 0.25) is 0 Å². The molecule has 6 nitrogen and oxygen atoms in total. The molecule has 1 atom stereocenters. The molecule has 1 rings (SSSR count). The van der Waals surface area contributed by atoms with Gasteiger partial charge in [0.05, 0.1) is 12.8 Å². The van der Waals surface area contributed by atoms with Gasteiger partial charge < -0.3 is 15.2 Å². The maximum atomic E-state index is 12.1. The fraction of sp³-hybridized carbons (Fsp3) is 0.429. The van der Waals surface area contributed by atoms with Crippen LogP contribution < -0.4 is 15.0 Å². The molecule has 1 aromatic carbocycles. The van der Waals surface area contributed by atoms with Crippen LogP contribution in [0.1, 0.15) is 13.8 Å². The lowest BCUT2D eigenvalue weighted by Crippen LogP contribution is -2.49. The summed E-state index contributed by atoms with van der Waals surface area (Å²) in [5.74, 6) is -0.717. The van der Waals surface area contributed by atoms with Crippen molar-refractivity contribution in [1.82, 2.24) is 5.32 Å². The van der Waals surface area contributed by atoms with E-state index >= 15 is 0 Å². The fourth-order valence-electron chi connectivity index (χ4n) is 1.76. The van der Waals surface area contributed by atoms with Crippen LogP contribution in [0.4, 0.5) is 10.5 Å². The number of rotatable bonds is 5. The number of urea groups is 1. The number of hydrogen-bond acceptors (Lipinski definition) is 3. The summed E-state index contributed by atoms with van der Waals surface area (Å²) < 4.78 is 5.18. The lowest BCUT2D eigenvalue weighted by Gasteiger charge is -2.24. The summed E-state index contributed by atoms with van der Waals surface area (Å²) in [5.41, 5.74) is 0.570. The Labute approximate surface area is 118 Å². The number of para-hydroxylation sites is 2. The molecule has 0 bridgehead atoms. The van der Waals surface area contributed by atoms with Gasteiger partial charge in [-0.2, -0.15) is 0 Å². The van der Waals surface area contributed by atoms with Gasteiger partial charge in [-0.05, 0) is 18.1 Å². The minimum atomic E-state index is -1.05. The van der Waals surface area contributed by atoms with Crippen molar-refractivity contribution in [3.8, 4) is 5.75 Å². The van der Waals surface area contributed by atoms with Crippen molar-refractivity contribution < 1.29 is 19.4 Å². The Kier molecular flexibility index (Phi) is 5.37. The van der Waals surface area contributed by atoms with Crippen molar-refractivity contribution in [1.29, 1.82) is 0 Å². The zero-order valence-electron chi connectivity index (χ0n) is 12.1. The second-order valence-electron chi connectivity index (χ2n) is 4.74. The number of carbonyl (C=O) groups excluding carboxylic acids is 1. The number of amides is 2. The number of nitrogens with zero attached hydrogens (tertiary/aromatic N) is 1. The van der Waals surface area contributed by atoms with Gasteiger partial charge >= 0.3 is 12.0 Å². The van der Waals surface area contributed by atoms with Gasteiger partial charge in [0.1, 0.15) is 11.8 Å². The third-order valence-electron chi connectivity index (χ3n) is 2.96. The first-order valence-corrected chi connectivity index (χ1v) is 6.28. The zero-order valence-corrected chi connectivity index (χ0v) is 12.1. The van der Waals surface area contributed by atoms with E-state index in [1.165, 1.54) is 12.0 Å². The Morgan fingerprint density at radius 1 is 1.30 bits per heavy atom. The highest BCUT2D eigenvalue weighted by Crippen LogP contribution is 2.26. The van der Waals surface area contributed by atoms with Crippen molar-refractivity contribution in [3.05, 3.63) is 24.3 Å². The summed E-state index contributed by atoms with van der Waals surface area (Å²) in [6, 6.07) is 5.61. The van der Waals surface area contributed by atoms with Crippen molar-refractivity contribution in [2.24, 2.45) is 5.92 Å². The summed E-state index contributed by atoms with van der Waals surface area (Å²) >= 11 is 0. The molecule has 0 aromatic heterocycles. The van der Waals surface area contributed by atoms with Crippen LogP contribution in [0.25, 0.3) is 0 Å². The fourth-order valence-corrected chi connectivity index (χ4v) is 1.76. The van der Waals surface area contributed by atoms with Crippen LogP contribution in [-0.2, 0) is 4.79 Å². The zero-order chi connectivity index (χ0) is 15.3. The van der Waals surface area contributed by atoms with Gasteiger partial charge in [0.15, 0.2) is 0 Å². The van der Waals surface area contributed by atoms with Gasteiger partial charge in [-0.1, -0.05) is 26.0 Å². The number of carboxylic acids is 1. The second kappa shape index (κ2) is 6.79. The van der Waals surface area contributed by atoms with Gasteiger partial charge in [-0.3, -0.25) is 4.90 Å². The predicted molar refractivity (Wildman–Crippen MR) is 76.2 cm³/mol. The van der Waals surface area contributed by atoms with Crippen LogP contribution in [0, 0.1) is 5.92 Å². The van der Waals surface area contributed by atoms with Crippen molar-refractivity contribution in [2.45, 2.75) is 19.9 Å². The topological polar surface area (TPSA) is 78.9 Å². The molecule has 0 fully saturated rings. The van der Waals surface area contributed by atoms with Gasteiger partial charge in [0, 0.05) is 7.05 Å². The first-order chi connectivity index (χ1) is 9.38. The van der Waals surface area contributed by atoms with E-state index in [1.54, 1.807) is 45.2 Å². The van der Waals surface area contributed by atoms with E-state index in [0.29, 0.717) is 11.4 Å². The van der Waals surface area contributed by atoms with Gasteiger partial charge in [0.2, 0.25) is 0 Å². The molecule has 0 saturated heterocycles. The molecule has 0 saturated carbocycles. The maximum absolute atomic E-state index is 12.1. The Hall–Kier alpha value is -2.24. The molecule has 6 heteroatoms. The molecule has 0 aliphatic heterocycles. The van der Waals surface area contributed by atoms with Crippen LogP contribution in [-0.4, -0.2) is 37.3 Å². The molecule has 2 amide bonds. The van der Waals surface area contributed by atoms with E-state index in [-0.39, 0.29) is 5.92 Å². The van der Waals surface area contributed by atoms with E-state index in [1.807, 2.05) is 0 Å². The molecule has 0 aliphatic carbocycles. The number of anilines is 1. The highest BCUT2D eigenvalue weighted by Gasteiger charge is 2.25. The lowest BCUT2D eigenvalue weighted by atomic mass is 10.1. The second-order valence-corrected chi connectivity index (χ2v) is 4.74. The molecule has 1 aromatic rings. The normalized spacial score (nSPS) is 11.8. The number of methoxy groups -OCH3 is 1. The highest BCUT2D eigenvalue weighted by molar-refractivity contribution is 5.95. The number of benzene rings is 1. The number of nitrogens with one attached hydrogen (secondary N) is 1. The number of ether oxygens (including phenoxy) is 1. The van der Waals surface area contributed by atoms with Crippen LogP contribution in [0.15, 0.2) is 24.3 Å². The number of hydrogen-bond donors (Lipinski definition) is 2. The molecule has 110 valence electrons. The Bertz CT molecular complexity index is 488. The molecule has 0 spiro atoms. The molecule has 20 heavy (non-hydrogen) atoms. The molecular weight excluding hydrogens is 260 g/mol. The summed E-state index contributed by atoms with van der Waals surface area (Å²) in [7, 11) is 3.07. The van der Waals surface area contributed by atoms with Gasteiger partial charge in [-0.25, -0.2) is 9.59 Å². The Morgan fingerprint density at radius 3 is 2.40 bits per heavy atom. The van der Waals surface area contributed by atoms with E-state index in [4.69, 9.17) is 9.84 Å². The third-order valence-corrected chi connectivity index (χ3v) is 2.96. The molecule has 0 heterocycles. The number of carboxylic acid groups (broad SMARTS) is 1. The number of aliphatic carboxylic acids is 1. The molecule has 1 unspecified atom stereocenters. The lowest BCUT2D eigenvalue weighted by molar-refractivity contribution is -0.140. The standard InChI is InChI=1S/C14H20N2O4/c1-9(2)12(13(17)18)15-14(19)16(3)10-7-5-6-8-11(10)20-4/h5-9,12H,1-4H3,(H,15,19)(H,17,18). The molecule has 2 N–H and O–H groups in total. The smallest absolute Gasteiger partial charge is 0.326 e. The van der Waals surface area contributed by atoms with E-state index in [2.05, 4.69) is 5.32 Å². The number of carbonyl (C=O) groups is 2. The Morgan fingerprint density at radius 2 is 1.90 bits per heavy atom. The summed E-state index contributed by atoms with van der Waals surface area (Å²) in [5, 5.41) is 11.6. The van der Waals surface area contributed by atoms with Crippen molar-refractivity contribution in [2.75, 3.05) is 19.1 Å². The van der Waals surface area contributed by atoms with E-state index in [0.717, 1.165) is 0 Å². The van der Waals surface area contributed by atoms with Gasteiger partial charge in [-0.15, -0.1) is 0 Å². The summed E-state index contributed by atoms with van der Waals surface area (Å²) in [4.78, 5) is 24.6. The van der Waals surface area contributed by atoms with Crippen LogP contribution >= 0.6 is 0 Å². The minimum absolute atomic E-state index is 0.206. The van der Waals surface area contributed by atoms with Crippen molar-refractivity contribution >= 4 is 17.7 Å². The predicted octanol–water partition coefficient (Wildman–Crippen LogP) is 1.95. The Balaban J connectivity index is 2.89. The van der Waals surface area contributed by atoms with Crippen LogP contribution in [0.5, 0.6) is 5.75 Å². The first-order valence-electron chi connectivity index (χ1n) is 6.28. The highest BCUT2D eigenvalue weighted by atomic mass is 16.5. The molecule has 0 radical (unpaired) electrons. The average molecular weight is 280 g/mol.